The van der Waals surface area contributed by atoms with Gasteiger partial charge in [-0.2, -0.15) is 0 Å². The molecule has 0 aromatic rings. The van der Waals surface area contributed by atoms with Gasteiger partial charge in [0.15, 0.2) is 0 Å². The lowest BCUT2D eigenvalue weighted by Crippen LogP contribution is -2.56. The average molecular weight is 187 g/mol. The van der Waals surface area contributed by atoms with Crippen LogP contribution in [0.2, 0.25) is 0 Å². The minimum Gasteiger partial charge on any atom is -0.368 e. The molecule has 0 heterocycles. The molecule has 0 aliphatic rings. The van der Waals surface area contributed by atoms with Crippen molar-refractivity contribution < 1.29 is 9.59 Å². The molecular formula is C8H17N3O2. The molecule has 0 aromatic heterocycles. The molecule has 0 fully saturated rings. The van der Waals surface area contributed by atoms with Gasteiger partial charge in [0.2, 0.25) is 5.91 Å². The second-order valence-corrected chi connectivity index (χ2v) is 3.74. The highest BCUT2D eigenvalue weighted by Crippen LogP contribution is 1.99. The molecule has 0 spiro atoms. The number of urea groups is 1. The monoisotopic (exact) mass is 187 g/mol. The Kier molecular flexibility index (Phi) is 3.71. The van der Waals surface area contributed by atoms with Crippen molar-refractivity contribution in [1.29, 1.82) is 0 Å². The zero-order chi connectivity index (χ0) is 10.6. The first-order valence-corrected chi connectivity index (χ1v) is 4.14. The van der Waals surface area contributed by atoms with Crippen LogP contribution in [0.25, 0.3) is 0 Å². The SMILES string of the molecule is CC(C)NC(=O)NC(C)(C)C(N)=O. The number of hydrogen-bond acceptors (Lipinski definition) is 2. The first-order valence-electron chi connectivity index (χ1n) is 4.14. The molecule has 0 saturated carbocycles. The van der Waals surface area contributed by atoms with Gasteiger partial charge < -0.3 is 16.4 Å². The number of primary amides is 1. The average Bonchev–Trinajstić information content (AvgIpc) is 1.82. The second kappa shape index (κ2) is 4.11. The first-order chi connectivity index (χ1) is 5.75. The molecule has 0 saturated heterocycles. The third-order valence-electron chi connectivity index (χ3n) is 1.46. The van der Waals surface area contributed by atoms with E-state index in [0.717, 1.165) is 0 Å². The van der Waals surface area contributed by atoms with Gasteiger partial charge in [-0.3, -0.25) is 4.79 Å². The van der Waals surface area contributed by atoms with Crippen LogP contribution in [0.1, 0.15) is 27.7 Å². The molecule has 0 aliphatic heterocycles. The van der Waals surface area contributed by atoms with E-state index in [1.54, 1.807) is 13.8 Å². The molecule has 0 rings (SSSR count). The van der Waals surface area contributed by atoms with E-state index < -0.39 is 11.4 Å². The lowest BCUT2D eigenvalue weighted by atomic mass is 10.1. The quantitative estimate of drug-likeness (QED) is 0.579. The van der Waals surface area contributed by atoms with Gasteiger partial charge in [-0.25, -0.2) is 4.79 Å². The maximum Gasteiger partial charge on any atom is 0.315 e. The highest BCUT2D eigenvalue weighted by Gasteiger charge is 2.26. The summed E-state index contributed by atoms with van der Waals surface area (Å²) >= 11 is 0. The molecular weight excluding hydrogens is 170 g/mol. The molecule has 0 atom stereocenters. The lowest BCUT2D eigenvalue weighted by molar-refractivity contribution is -0.122. The molecule has 0 aliphatic carbocycles. The van der Waals surface area contributed by atoms with E-state index in [4.69, 9.17) is 5.73 Å². The van der Waals surface area contributed by atoms with E-state index in [2.05, 4.69) is 10.6 Å². The smallest absolute Gasteiger partial charge is 0.315 e. The largest absolute Gasteiger partial charge is 0.368 e. The van der Waals surface area contributed by atoms with Crippen LogP contribution >= 0.6 is 0 Å². The third-order valence-corrected chi connectivity index (χ3v) is 1.46. The summed E-state index contributed by atoms with van der Waals surface area (Å²) in [6, 6.07) is -0.359. The summed E-state index contributed by atoms with van der Waals surface area (Å²) in [5, 5.41) is 5.06. The number of rotatable bonds is 3. The number of hydrogen-bond donors (Lipinski definition) is 3. The predicted octanol–water partition coefficient (Wildman–Crippen LogP) is -0.0421. The van der Waals surface area contributed by atoms with Crippen molar-refractivity contribution in [2.45, 2.75) is 39.3 Å². The maximum atomic E-state index is 11.1. The number of nitrogens with two attached hydrogens (primary N) is 1. The molecule has 13 heavy (non-hydrogen) atoms. The van der Waals surface area contributed by atoms with E-state index in [9.17, 15) is 9.59 Å². The van der Waals surface area contributed by atoms with Crippen molar-refractivity contribution in [3.05, 3.63) is 0 Å². The van der Waals surface area contributed by atoms with Crippen LogP contribution in [0, 0.1) is 0 Å². The van der Waals surface area contributed by atoms with Gasteiger partial charge in [-0.1, -0.05) is 0 Å². The lowest BCUT2D eigenvalue weighted by Gasteiger charge is -2.23. The Morgan fingerprint density at radius 2 is 1.77 bits per heavy atom. The van der Waals surface area contributed by atoms with Gasteiger partial charge in [0.05, 0.1) is 0 Å². The van der Waals surface area contributed by atoms with Crippen LogP contribution in [0.3, 0.4) is 0 Å². The van der Waals surface area contributed by atoms with E-state index >= 15 is 0 Å². The highest BCUT2D eigenvalue weighted by atomic mass is 16.2. The standard InChI is InChI=1S/C8H17N3O2/c1-5(2)10-7(13)11-8(3,4)6(9)12/h5H,1-4H3,(H2,9,12)(H2,10,11,13). The topological polar surface area (TPSA) is 84.2 Å². The summed E-state index contributed by atoms with van der Waals surface area (Å²) in [6.45, 7) is 6.76. The Morgan fingerprint density at radius 1 is 1.31 bits per heavy atom. The van der Waals surface area contributed by atoms with Gasteiger partial charge in [0.25, 0.3) is 0 Å². The fourth-order valence-electron chi connectivity index (χ4n) is 0.644. The Bertz CT molecular complexity index is 211. The van der Waals surface area contributed by atoms with Crippen LogP contribution in [-0.4, -0.2) is 23.5 Å². The predicted molar refractivity (Wildman–Crippen MR) is 50.1 cm³/mol. The Morgan fingerprint density at radius 3 is 2.08 bits per heavy atom. The second-order valence-electron chi connectivity index (χ2n) is 3.74. The van der Waals surface area contributed by atoms with Crippen molar-refractivity contribution in [2.24, 2.45) is 5.73 Å². The normalized spacial score (nSPS) is 11.2. The maximum absolute atomic E-state index is 11.1. The molecule has 0 aromatic carbocycles. The Labute approximate surface area is 78.1 Å². The summed E-state index contributed by atoms with van der Waals surface area (Å²) in [4.78, 5) is 22.0. The minimum absolute atomic E-state index is 0.0312. The van der Waals surface area contributed by atoms with Gasteiger partial charge in [-0.15, -0.1) is 0 Å². The Hall–Kier alpha value is -1.26. The first kappa shape index (κ1) is 11.7. The van der Waals surface area contributed by atoms with Crippen LogP contribution in [0.15, 0.2) is 0 Å². The highest BCUT2D eigenvalue weighted by molar-refractivity contribution is 5.89. The third kappa shape index (κ3) is 4.35. The van der Waals surface area contributed by atoms with Crippen molar-refractivity contribution >= 4 is 11.9 Å². The number of carbonyl (C=O) groups is 2. The van der Waals surface area contributed by atoms with Gasteiger partial charge in [0.1, 0.15) is 5.54 Å². The molecule has 4 N–H and O–H groups in total. The summed E-state index contributed by atoms with van der Waals surface area (Å²) in [5.41, 5.74) is 4.05. The number of amides is 3. The van der Waals surface area contributed by atoms with Crippen molar-refractivity contribution in [3.8, 4) is 0 Å². The van der Waals surface area contributed by atoms with E-state index in [0.29, 0.717) is 0 Å². The van der Waals surface area contributed by atoms with Gasteiger partial charge in [-0.05, 0) is 27.7 Å². The van der Waals surface area contributed by atoms with Crippen LogP contribution in [-0.2, 0) is 4.79 Å². The summed E-state index contributed by atoms with van der Waals surface area (Å²) in [6.07, 6.45) is 0. The molecule has 5 heteroatoms. The molecule has 3 amide bonds. The zero-order valence-electron chi connectivity index (χ0n) is 8.47. The molecule has 0 radical (unpaired) electrons. The Balaban J connectivity index is 4.12. The van der Waals surface area contributed by atoms with Crippen LogP contribution < -0.4 is 16.4 Å². The van der Waals surface area contributed by atoms with Gasteiger partial charge >= 0.3 is 6.03 Å². The minimum atomic E-state index is -1.01. The van der Waals surface area contributed by atoms with E-state index in [1.165, 1.54) is 0 Å². The zero-order valence-corrected chi connectivity index (χ0v) is 8.47. The fourth-order valence-corrected chi connectivity index (χ4v) is 0.644. The van der Waals surface area contributed by atoms with Crippen molar-refractivity contribution in [1.82, 2.24) is 10.6 Å². The summed E-state index contributed by atoms with van der Waals surface area (Å²) in [7, 11) is 0. The molecule has 5 nitrogen and oxygen atoms in total. The molecule has 0 bridgehead atoms. The fraction of sp³-hybridized carbons (Fsp3) is 0.750. The summed E-state index contributed by atoms with van der Waals surface area (Å²) < 4.78 is 0. The van der Waals surface area contributed by atoms with E-state index in [-0.39, 0.29) is 12.1 Å². The summed E-state index contributed by atoms with van der Waals surface area (Å²) in [5.74, 6) is -0.564. The molecule has 76 valence electrons. The molecule has 0 unspecified atom stereocenters. The van der Waals surface area contributed by atoms with Gasteiger partial charge in [0, 0.05) is 6.04 Å². The number of nitrogens with one attached hydrogen (secondary N) is 2. The van der Waals surface area contributed by atoms with Crippen LogP contribution in [0.5, 0.6) is 0 Å². The van der Waals surface area contributed by atoms with Crippen molar-refractivity contribution in [3.63, 3.8) is 0 Å². The van der Waals surface area contributed by atoms with Crippen LogP contribution in [0.4, 0.5) is 4.79 Å². The van der Waals surface area contributed by atoms with E-state index in [1.807, 2.05) is 13.8 Å². The number of carbonyl (C=O) groups excluding carboxylic acids is 2. The van der Waals surface area contributed by atoms with Crippen molar-refractivity contribution in [2.75, 3.05) is 0 Å².